The van der Waals surface area contributed by atoms with Crippen molar-refractivity contribution in [2.24, 2.45) is 0 Å². The van der Waals surface area contributed by atoms with Crippen LogP contribution in [0, 0.1) is 13.8 Å². The van der Waals surface area contributed by atoms with Crippen LogP contribution in [-0.2, 0) is 11.2 Å². The molecule has 0 spiro atoms. The second-order valence-electron chi connectivity index (χ2n) is 7.93. The molecule has 0 N–H and O–H groups in total. The summed E-state index contributed by atoms with van der Waals surface area (Å²) >= 11 is 0. The van der Waals surface area contributed by atoms with Crippen molar-refractivity contribution in [3.63, 3.8) is 0 Å². The summed E-state index contributed by atoms with van der Waals surface area (Å²) in [6, 6.07) is 8.69. The van der Waals surface area contributed by atoms with Crippen molar-refractivity contribution in [1.29, 1.82) is 0 Å². The number of aryl methyl sites for hydroxylation is 2. The highest BCUT2D eigenvalue weighted by atomic mass is 16.2. The Balaban J connectivity index is 1.95. The molecular weight excluding hydrogens is 348 g/mol. The number of nitrogens with zero attached hydrogens (tertiary/aromatic N) is 4. The van der Waals surface area contributed by atoms with E-state index >= 15 is 0 Å². The van der Waals surface area contributed by atoms with Crippen LogP contribution in [0.2, 0.25) is 0 Å². The molecule has 0 saturated carbocycles. The number of carbonyl (C=O) groups excluding carboxylic acids is 1. The number of benzene rings is 1. The zero-order chi connectivity index (χ0) is 20.3. The zero-order valence-electron chi connectivity index (χ0n) is 17.8. The lowest BCUT2D eigenvalue weighted by molar-refractivity contribution is -0.129. The van der Waals surface area contributed by atoms with Crippen LogP contribution in [0.5, 0.6) is 0 Å². The molecule has 0 aliphatic carbocycles. The lowest BCUT2D eigenvalue weighted by Gasteiger charge is -2.36. The van der Waals surface area contributed by atoms with E-state index in [-0.39, 0.29) is 5.91 Å². The van der Waals surface area contributed by atoms with Gasteiger partial charge in [0.15, 0.2) is 0 Å². The lowest BCUT2D eigenvalue weighted by atomic mass is 10.0. The molecule has 1 unspecified atom stereocenters. The predicted octanol–water partition coefficient (Wildman–Crippen LogP) is 3.87. The van der Waals surface area contributed by atoms with Crippen LogP contribution < -0.4 is 4.90 Å². The maximum Gasteiger partial charge on any atom is 0.219 e. The van der Waals surface area contributed by atoms with Crippen LogP contribution in [0.25, 0.3) is 0 Å². The van der Waals surface area contributed by atoms with E-state index in [9.17, 15) is 4.79 Å². The average Bonchev–Trinajstić information content (AvgIpc) is 2.70. The van der Waals surface area contributed by atoms with Crippen molar-refractivity contribution >= 4 is 11.7 Å². The van der Waals surface area contributed by atoms with Gasteiger partial charge in [-0.3, -0.25) is 4.79 Å². The molecular formula is C23H32N4O. The van der Waals surface area contributed by atoms with E-state index in [2.05, 4.69) is 56.9 Å². The van der Waals surface area contributed by atoms with Gasteiger partial charge >= 0.3 is 0 Å². The third-order valence-electron chi connectivity index (χ3n) is 5.79. The number of hydrogen-bond acceptors (Lipinski definition) is 4. The minimum absolute atomic E-state index is 0.152. The Kier molecular flexibility index (Phi) is 6.32. The van der Waals surface area contributed by atoms with E-state index in [4.69, 9.17) is 9.97 Å². The summed E-state index contributed by atoms with van der Waals surface area (Å²) < 4.78 is 0. The van der Waals surface area contributed by atoms with Crippen molar-refractivity contribution in [3.05, 3.63) is 52.5 Å². The van der Waals surface area contributed by atoms with E-state index < -0.39 is 0 Å². The zero-order valence-corrected chi connectivity index (χ0v) is 17.8. The number of rotatable bonds is 5. The first-order valence-corrected chi connectivity index (χ1v) is 10.3. The van der Waals surface area contributed by atoms with Crippen LogP contribution >= 0.6 is 0 Å². The Hall–Kier alpha value is -2.43. The summed E-state index contributed by atoms with van der Waals surface area (Å²) in [5, 5.41) is 0. The Morgan fingerprint density at radius 1 is 1.07 bits per heavy atom. The minimum Gasteiger partial charge on any atom is -0.353 e. The quantitative estimate of drug-likeness (QED) is 0.790. The highest BCUT2D eigenvalue weighted by Gasteiger charge is 2.24. The van der Waals surface area contributed by atoms with Gasteiger partial charge in [0.1, 0.15) is 11.6 Å². The summed E-state index contributed by atoms with van der Waals surface area (Å²) in [5.74, 6) is 2.46. The van der Waals surface area contributed by atoms with Gasteiger partial charge in [0.05, 0.1) is 0 Å². The molecule has 0 bridgehead atoms. The van der Waals surface area contributed by atoms with Crippen LogP contribution in [-0.4, -0.2) is 47.0 Å². The minimum atomic E-state index is 0.152. The fourth-order valence-electron chi connectivity index (χ4n) is 3.62. The van der Waals surface area contributed by atoms with Crippen LogP contribution in [0.4, 0.5) is 5.82 Å². The fraction of sp³-hybridized carbons (Fsp3) is 0.522. The number of piperazine rings is 1. The molecule has 1 fully saturated rings. The van der Waals surface area contributed by atoms with Crippen molar-refractivity contribution in [1.82, 2.24) is 14.9 Å². The lowest BCUT2D eigenvalue weighted by Crippen LogP contribution is -2.48. The van der Waals surface area contributed by atoms with Crippen molar-refractivity contribution in [3.8, 4) is 0 Å². The van der Waals surface area contributed by atoms with Crippen LogP contribution in [0.15, 0.2) is 24.3 Å². The molecule has 2 heterocycles. The second-order valence-corrected chi connectivity index (χ2v) is 7.93. The summed E-state index contributed by atoms with van der Waals surface area (Å²) in [6.45, 7) is 13.4. The molecule has 1 saturated heterocycles. The largest absolute Gasteiger partial charge is 0.353 e. The van der Waals surface area contributed by atoms with Crippen LogP contribution in [0.3, 0.4) is 0 Å². The first-order valence-electron chi connectivity index (χ1n) is 10.3. The van der Waals surface area contributed by atoms with E-state index in [0.717, 1.165) is 56.4 Å². The normalized spacial score (nSPS) is 15.6. The van der Waals surface area contributed by atoms with E-state index in [0.29, 0.717) is 5.92 Å². The van der Waals surface area contributed by atoms with E-state index in [1.54, 1.807) is 6.92 Å². The van der Waals surface area contributed by atoms with Crippen molar-refractivity contribution in [2.75, 3.05) is 31.1 Å². The number of hydrogen-bond donors (Lipinski definition) is 0. The van der Waals surface area contributed by atoms with Gasteiger partial charge in [-0.05, 0) is 25.8 Å². The standard InChI is InChI=1S/C23H32N4O/c1-6-17(3)22-24-18(4)21(15-20-9-7-16(2)8-10-20)23(25-22)27-13-11-26(12-14-27)19(5)28/h7-10,17H,6,11-15H2,1-5H3. The van der Waals surface area contributed by atoms with E-state index in [1.807, 2.05) is 4.90 Å². The van der Waals surface area contributed by atoms with Gasteiger partial charge in [-0.1, -0.05) is 43.7 Å². The van der Waals surface area contributed by atoms with Gasteiger partial charge in [-0.15, -0.1) is 0 Å². The highest BCUT2D eigenvalue weighted by Crippen LogP contribution is 2.28. The van der Waals surface area contributed by atoms with Gasteiger partial charge < -0.3 is 9.80 Å². The molecule has 0 radical (unpaired) electrons. The third-order valence-corrected chi connectivity index (χ3v) is 5.79. The summed E-state index contributed by atoms with van der Waals surface area (Å²) in [7, 11) is 0. The Labute approximate surface area is 168 Å². The summed E-state index contributed by atoms with van der Waals surface area (Å²) in [5.41, 5.74) is 4.81. The molecule has 5 nitrogen and oxygen atoms in total. The second kappa shape index (κ2) is 8.72. The molecule has 3 rings (SSSR count). The first kappa shape index (κ1) is 20.3. The molecule has 1 aliphatic rings. The molecule has 1 aromatic heterocycles. The van der Waals surface area contributed by atoms with Crippen molar-refractivity contribution < 1.29 is 4.79 Å². The van der Waals surface area contributed by atoms with E-state index in [1.165, 1.54) is 16.7 Å². The summed E-state index contributed by atoms with van der Waals surface area (Å²) in [4.78, 5) is 25.8. The third kappa shape index (κ3) is 4.51. The molecule has 5 heteroatoms. The topological polar surface area (TPSA) is 49.3 Å². The Morgan fingerprint density at radius 2 is 1.71 bits per heavy atom. The average molecular weight is 381 g/mol. The molecule has 1 aromatic carbocycles. The number of amides is 1. The Morgan fingerprint density at radius 3 is 2.29 bits per heavy atom. The molecule has 1 amide bonds. The molecule has 150 valence electrons. The van der Waals surface area contributed by atoms with Gasteiger partial charge in [0.2, 0.25) is 5.91 Å². The Bertz CT molecular complexity index is 823. The number of carbonyl (C=O) groups is 1. The smallest absolute Gasteiger partial charge is 0.219 e. The molecule has 2 aromatic rings. The molecule has 28 heavy (non-hydrogen) atoms. The van der Waals surface area contributed by atoms with Gasteiger partial charge in [-0.25, -0.2) is 9.97 Å². The van der Waals surface area contributed by atoms with Gasteiger partial charge in [-0.2, -0.15) is 0 Å². The maximum absolute atomic E-state index is 11.7. The maximum atomic E-state index is 11.7. The number of anilines is 1. The SMILES string of the molecule is CCC(C)c1nc(C)c(Cc2ccc(C)cc2)c(N2CCN(C(C)=O)CC2)n1. The van der Waals surface area contributed by atoms with Crippen molar-refractivity contribution in [2.45, 2.75) is 53.4 Å². The molecule has 1 atom stereocenters. The van der Waals surface area contributed by atoms with Crippen LogP contribution in [0.1, 0.15) is 61.3 Å². The monoisotopic (exact) mass is 380 g/mol. The fourth-order valence-corrected chi connectivity index (χ4v) is 3.62. The van der Waals surface area contributed by atoms with Gasteiger partial charge in [0.25, 0.3) is 0 Å². The highest BCUT2D eigenvalue weighted by molar-refractivity contribution is 5.73. The number of aromatic nitrogens is 2. The predicted molar refractivity (Wildman–Crippen MR) is 114 cm³/mol. The van der Waals surface area contributed by atoms with Gasteiger partial charge in [0, 0.05) is 56.7 Å². The first-order chi connectivity index (χ1) is 13.4. The molecule has 1 aliphatic heterocycles. The summed E-state index contributed by atoms with van der Waals surface area (Å²) in [6.07, 6.45) is 1.85.